The lowest BCUT2D eigenvalue weighted by Gasteiger charge is -2.45. The van der Waals surface area contributed by atoms with Crippen molar-refractivity contribution in [2.45, 2.75) is 70.8 Å². The maximum atomic E-state index is 12.3. The van der Waals surface area contributed by atoms with Crippen molar-refractivity contribution in [3.63, 3.8) is 0 Å². The maximum Gasteiger partial charge on any atom is 0.239 e. The van der Waals surface area contributed by atoms with E-state index in [0.29, 0.717) is 5.41 Å². The minimum absolute atomic E-state index is 0.196. The van der Waals surface area contributed by atoms with E-state index in [0.717, 1.165) is 25.9 Å². The predicted octanol–water partition coefficient (Wildman–Crippen LogP) is 2.69. The van der Waals surface area contributed by atoms with Crippen molar-refractivity contribution in [3.05, 3.63) is 0 Å². The van der Waals surface area contributed by atoms with E-state index in [1.807, 2.05) is 0 Å². The highest BCUT2D eigenvalue weighted by molar-refractivity contribution is 5.81. The molecule has 2 fully saturated rings. The van der Waals surface area contributed by atoms with Crippen molar-refractivity contribution in [2.75, 3.05) is 13.1 Å². The van der Waals surface area contributed by atoms with Crippen LogP contribution >= 0.6 is 0 Å². The minimum Gasteiger partial charge on any atom is -0.341 e. The molecule has 3 heteroatoms. The van der Waals surface area contributed by atoms with Gasteiger partial charge in [0.15, 0.2) is 0 Å². The van der Waals surface area contributed by atoms with Crippen LogP contribution in [0.15, 0.2) is 0 Å². The summed E-state index contributed by atoms with van der Waals surface area (Å²) in [6.45, 7) is 3.99. The number of nitrogens with zero attached hydrogens (tertiary/aromatic N) is 1. The molecule has 1 atom stereocenters. The Labute approximate surface area is 111 Å². The molecule has 1 saturated heterocycles. The molecule has 18 heavy (non-hydrogen) atoms. The molecule has 104 valence electrons. The molecular formula is C15H28N2O. The molecule has 1 saturated carbocycles. The fourth-order valence-corrected chi connectivity index (χ4v) is 3.77. The smallest absolute Gasteiger partial charge is 0.239 e. The van der Waals surface area contributed by atoms with Crippen molar-refractivity contribution in [2.24, 2.45) is 11.1 Å². The van der Waals surface area contributed by atoms with Gasteiger partial charge in [0, 0.05) is 13.1 Å². The Bertz CT molecular complexity index is 279. The Kier molecular flexibility index (Phi) is 4.66. The predicted molar refractivity (Wildman–Crippen MR) is 74.2 cm³/mol. The van der Waals surface area contributed by atoms with E-state index in [1.165, 1.54) is 44.9 Å². The molecular weight excluding hydrogens is 224 g/mol. The number of amides is 1. The Morgan fingerprint density at radius 1 is 1.22 bits per heavy atom. The van der Waals surface area contributed by atoms with Crippen LogP contribution in [0.4, 0.5) is 0 Å². The van der Waals surface area contributed by atoms with Gasteiger partial charge in [0.2, 0.25) is 5.91 Å². The fraction of sp³-hybridized carbons (Fsp3) is 0.933. The van der Waals surface area contributed by atoms with Gasteiger partial charge in [-0.2, -0.15) is 0 Å². The van der Waals surface area contributed by atoms with Crippen LogP contribution in [0.2, 0.25) is 0 Å². The van der Waals surface area contributed by atoms with Crippen molar-refractivity contribution < 1.29 is 4.79 Å². The second kappa shape index (κ2) is 6.05. The number of hydrogen-bond donors (Lipinski definition) is 1. The lowest BCUT2D eigenvalue weighted by molar-refractivity contribution is -0.137. The quantitative estimate of drug-likeness (QED) is 0.839. The van der Waals surface area contributed by atoms with Gasteiger partial charge in [0.25, 0.3) is 0 Å². The number of piperidine rings is 1. The third-order valence-corrected chi connectivity index (χ3v) is 4.80. The van der Waals surface area contributed by atoms with Crippen molar-refractivity contribution in [3.8, 4) is 0 Å². The molecule has 2 aliphatic rings. The molecule has 1 aliphatic heterocycles. The standard InChI is InChI=1S/C15H28N2O/c1-2-7-13(16)14(18)17-11-6-10-15(12-17)8-4-3-5-9-15/h13H,2-12,16H2,1H3. The molecule has 1 aliphatic carbocycles. The number of likely N-dealkylation sites (tertiary alicyclic amines) is 1. The lowest BCUT2D eigenvalue weighted by atomic mass is 9.69. The SMILES string of the molecule is CCCC(N)C(=O)N1CCCC2(CCCCC2)C1. The number of nitrogens with two attached hydrogens (primary N) is 1. The number of carbonyl (C=O) groups excluding carboxylic acids is 1. The average molecular weight is 252 g/mol. The van der Waals surface area contributed by atoms with Crippen LogP contribution in [0.1, 0.15) is 64.7 Å². The number of hydrogen-bond acceptors (Lipinski definition) is 2. The largest absolute Gasteiger partial charge is 0.341 e. The van der Waals surface area contributed by atoms with Crippen molar-refractivity contribution >= 4 is 5.91 Å². The first-order valence-corrected chi connectivity index (χ1v) is 7.71. The van der Waals surface area contributed by atoms with E-state index in [9.17, 15) is 4.79 Å². The van der Waals surface area contributed by atoms with Crippen LogP contribution in [0.3, 0.4) is 0 Å². The van der Waals surface area contributed by atoms with Crippen LogP contribution in [-0.4, -0.2) is 29.9 Å². The summed E-state index contributed by atoms with van der Waals surface area (Å²) in [5.74, 6) is 0.196. The van der Waals surface area contributed by atoms with Crippen LogP contribution in [0.25, 0.3) is 0 Å². The monoisotopic (exact) mass is 252 g/mol. The van der Waals surface area contributed by atoms with Gasteiger partial charge in [-0.15, -0.1) is 0 Å². The first-order chi connectivity index (χ1) is 8.67. The Morgan fingerprint density at radius 2 is 1.89 bits per heavy atom. The third kappa shape index (κ3) is 3.05. The van der Waals surface area contributed by atoms with E-state index >= 15 is 0 Å². The Hall–Kier alpha value is -0.570. The molecule has 1 spiro atoms. The van der Waals surface area contributed by atoms with Crippen molar-refractivity contribution in [1.82, 2.24) is 4.90 Å². The Balaban J connectivity index is 1.95. The Morgan fingerprint density at radius 3 is 2.56 bits per heavy atom. The summed E-state index contributed by atoms with van der Waals surface area (Å²) in [6.07, 6.45) is 11.0. The number of rotatable bonds is 3. The van der Waals surface area contributed by atoms with Gasteiger partial charge in [-0.05, 0) is 37.5 Å². The minimum atomic E-state index is -0.270. The highest BCUT2D eigenvalue weighted by Gasteiger charge is 2.38. The normalized spacial score (nSPS) is 25.1. The highest BCUT2D eigenvalue weighted by atomic mass is 16.2. The van der Waals surface area contributed by atoms with E-state index in [1.54, 1.807) is 0 Å². The molecule has 0 aromatic carbocycles. The first kappa shape index (κ1) is 13.9. The lowest BCUT2D eigenvalue weighted by Crippen LogP contribution is -2.51. The van der Waals surface area contributed by atoms with E-state index in [4.69, 9.17) is 5.73 Å². The summed E-state index contributed by atoms with van der Waals surface area (Å²) in [5, 5.41) is 0. The fourth-order valence-electron chi connectivity index (χ4n) is 3.77. The van der Waals surface area contributed by atoms with Crippen molar-refractivity contribution in [1.29, 1.82) is 0 Å². The molecule has 0 aromatic heterocycles. The summed E-state index contributed by atoms with van der Waals surface area (Å²) >= 11 is 0. The molecule has 2 N–H and O–H groups in total. The van der Waals surface area contributed by atoms with Gasteiger partial charge in [-0.1, -0.05) is 32.6 Å². The van der Waals surface area contributed by atoms with Crippen LogP contribution < -0.4 is 5.73 Å². The molecule has 1 unspecified atom stereocenters. The van der Waals surface area contributed by atoms with E-state index < -0.39 is 0 Å². The molecule has 2 rings (SSSR count). The zero-order chi connectivity index (χ0) is 13.0. The summed E-state index contributed by atoms with van der Waals surface area (Å²) in [5.41, 5.74) is 6.43. The number of carbonyl (C=O) groups is 1. The van der Waals surface area contributed by atoms with E-state index in [2.05, 4.69) is 11.8 Å². The van der Waals surface area contributed by atoms with Gasteiger partial charge in [0.1, 0.15) is 0 Å². The van der Waals surface area contributed by atoms with E-state index in [-0.39, 0.29) is 11.9 Å². The summed E-state index contributed by atoms with van der Waals surface area (Å²) in [6, 6.07) is -0.270. The molecule has 1 amide bonds. The summed E-state index contributed by atoms with van der Waals surface area (Å²) < 4.78 is 0. The molecule has 0 aromatic rings. The summed E-state index contributed by atoms with van der Waals surface area (Å²) in [7, 11) is 0. The van der Waals surface area contributed by atoms with Gasteiger partial charge >= 0.3 is 0 Å². The maximum absolute atomic E-state index is 12.3. The van der Waals surface area contributed by atoms with Crippen LogP contribution in [-0.2, 0) is 4.79 Å². The topological polar surface area (TPSA) is 46.3 Å². The zero-order valence-corrected chi connectivity index (χ0v) is 11.8. The molecule has 0 bridgehead atoms. The second-order valence-electron chi connectivity index (χ2n) is 6.32. The van der Waals surface area contributed by atoms with Crippen LogP contribution in [0, 0.1) is 5.41 Å². The van der Waals surface area contributed by atoms with Gasteiger partial charge in [-0.3, -0.25) is 4.79 Å². The average Bonchev–Trinajstić information content (AvgIpc) is 2.39. The first-order valence-electron chi connectivity index (χ1n) is 7.71. The zero-order valence-electron chi connectivity index (χ0n) is 11.8. The van der Waals surface area contributed by atoms with Crippen LogP contribution in [0.5, 0.6) is 0 Å². The molecule has 3 nitrogen and oxygen atoms in total. The summed E-state index contributed by atoms with van der Waals surface area (Å²) in [4.78, 5) is 14.4. The van der Waals surface area contributed by atoms with Gasteiger partial charge in [-0.25, -0.2) is 0 Å². The van der Waals surface area contributed by atoms with Gasteiger partial charge < -0.3 is 10.6 Å². The third-order valence-electron chi connectivity index (χ3n) is 4.80. The second-order valence-corrected chi connectivity index (χ2v) is 6.32. The molecule has 1 heterocycles. The van der Waals surface area contributed by atoms with Gasteiger partial charge in [0.05, 0.1) is 6.04 Å². The highest BCUT2D eigenvalue weighted by Crippen LogP contribution is 2.43. The molecule has 0 radical (unpaired) electrons.